The molecule has 52 heavy (non-hydrogen) atoms. The molecule has 8 heteroatoms. The highest BCUT2D eigenvalue weighted by molar-refractivity contribution is 5.73. The zero-order valence-corrected chi connectivity index (χ0v) is 29.7. The molecule has 4 rings (SSSR count). The minimum atomic E-state index is -0.639. The second-order valence-electron chi connectivity index (χ2n) is 12.1. The molecule has 4 aromatic carbocycles. The van der Waals surface area contributed by atoms with Gasteiger partial charge in [0.05, 0.1) is 12.8 Å². The summed E-state index contributed by atoms with van der Waals surface area (Å²) in [6.45, 7) is 17.3. The lowest BCUT2D eigenvalue weighted by Gasteiger charge is -2.20. The molecule has 0 aliphatic heterocycles. The van der Waals surface area contributed by atoms with Crippen LogP contribution in [0.3, 0.4) is 0 Å². The van der Waals surface area contributed by atoms with Gasteiger partial charge in [-0.25, -0.2) is 0 Å². The molecule has 0 fully saturated rings. The fraction of sp³-hybridized carbons (Fsp3) is 0.227. The number of ether oxygens (including phenoxy) is 6. The second kappa shape index (κ2) is 20.6. The van der Waals surface area contributed by atoms with E-state index in [4.69, 9.17) is 28.4 Å². The Bertz CT molecular complexity index is 1760. The Kier molecular flexibility index (Phi) is 15.4. The van der Waals surface area contributed by atoms with Gasteiger partial charge in [0.25, 0.3) is 0 Å². The molecule has 8 nitrogen and oxygen atoms in total. The van der Waals surface area contributed by atoms with Crippen LogP contribution in [0, 0.1) is 0 Å². The van der Waals surface area contributed by atoms with Crippen LogP contribution in [0.1, 0.15) is 29.2 Å². The Morgan fingerprint density at radius 1 is 0.577 bits per heavy atom. The molecule has 2 unspecified atom stereocenters. The SMILES string of the molecule is C=CC(=C)OCC(COc1ccccc1)OC(=O)Cc1ccc(Cc2ccc(CC(=O)OC(COC(=C)C(=C)C)COc3ccccc3)cc2)cc1. The van der Waals surface area contributed by atoms with Crippen LogP contribution in [0.4, 0.5) is 0 Å². The highest BCUT2D eigenvalue weighted by atomic mass is 16.6. The topological polar surface area (TPSA) is 89.5 Å². The maximum Gasteiger partial charge on any atom is 0.310 e. The van der Waals surface area contributed by atoms with Crippen molar-refractivity contribution in [1.82, 2.24) is 0 Å². The third kappa shape index (κ3) is 14.1. The van der Waals surface area contributed by atoms with Gasteiger partial charge in [-0.15, -0.1) is 0 Å². The molecule has 4 aromatic rings. The molecule has 0 heterocycles. The quantitative estimate of drug-likeness (QED) is 0.0461. The van der Waals surface area contributed by atoms with Gasteiger partial charge in [0, 0.05) is 0 Å². The van der Waals surface area contributed by atoms with E-state index in [0.29, 0.717) is 35.0 Å². The van der Waals surface area contributed by atoms with E-state index in [2.05, 4.69) is 26.3 Å². The van der Waals surface area contributed by atoms with Crippen molar-refractivity contribution in [2.45, 2.75) is 38.4 Å². The molecule has 0 saturated carbocycles. The van der Waals surface area contributed by atoms with Crippen molar-refractivity contribution < 1.29 is 38.0 Å². The Hall–Kier alpha value is -6.02. The predicted octanol–water partition coefficient (Wildman–Crippen LogP) is 8.17. The summed E-state index contributed by atoms with van der Waals surface area (Å²) in [7, 11) is 0. The molecule has 0 amide bonds. The molecule has 0 aliphatic carbocycles. The van der Waals surface area contributed by atoms with Crippen molar-refractivity contribution >= 4 is 11.9 Å². The van der Waals surface area contributed by atoms with Crippen LogP contribution in [0.2, 0.25) is 0 Å². The number of rotatable bonds is 22. The average molecular weight is 703 g/mol. The third-order valence-corrected chi connectivity index (χ3v) is 7.71. The van der Waals surface area contributed by atoms with E-state index in [1.165, 1.54) is 6.08 Å². The molecule has 2 atom stereocenters. The van der Waals surface area contributed by atoms with E-state index in [9.17, 15) is 9.59 Å². The summed E-state index contributed by atoms with van der Waals surface area (Å²) in [6, 6.07) is 34.2. The summed E-state index contributed by atoms with van der Waals surface area (Å²) in [5.41, 5.74) is 4.49. The molecule has 0 saturated heterocycles. The first-order chi connectivity index (χ1) is 25.2. The van der Waals surface area contributed by atoms with Crippen LogP contribution < -0.4 is 9.47 Å². The summed E-state index contributed by atoms with van der Waals surface area (Å²) in [6.07, 6.45) is 1.10. The first-order valence-corrected chi connectivity index (χ1v) is 17.0. The van der Waals surface area contributed by atoms with Crippen LogP contribution in [-0.4, -0.2) is 50.6 Å². The number of carbonyl (C=O) groups excluding carboxylic acids is 2. The van der Waals surface area contributed by atoms with Crippen molar-refractivity contribution in [3.05, 3.63) is 181 Å². The molecule has 0 aliphatic rings. The number of carbonyl (C=O) groups is 2. The number of para-hydroxylation sites is 2. The van der Waals surface area contributed by atoms with E-state index < -0.39 is 24.1 Å². The Balaban J connectivity index is 1.25. The van der Waals surface area contributed by atoms with Crippen LogP contribution in [0.15, 0.2) is 159 Å². The van der Waals surface area contributed by atoms with E-state index in [1.54, 1.807) is 6.92 Å². The number of allylic oxidation sites excluding steroid dienone is 2. The smallest absolute Gasteiger partial charge is 0.310 e. The molecule has 270 valence electrons. The lowest BCUT2D eigenvalue weighted by molar-refractivity contribution is -0.153. The second-order valence-corrected chi connectivity index (χ2v) is 12.1. The Morgan fingerprint density at radius 3 is 1.38 bits per heavy atom. The van der Waals surface area contributed by atoms with Crippen molar-refractivity contribution in [2.24, 2.45) is 0 Å². The molecule has 0 spiro atoms. The van der Waals surface area contributed by atoms with Crippen molar-refractivity contribution in [3.8, 4) is 11.5 Å². The van der Waals surface area contributed by atoms with Crippen LogP contribution in [-0.2, 0) is 47.8 Å². The van der Waals surface area contributed by atoms with Crippen LogP contribution in [0.5, 0.6) is 11.5 Å². The van der Waals surface area contributed by atoms with Crippen molar-refractivity contribution in [2.75, 3.05) is 26.4 Å². The zero-order chi connectivity index (χ0) is 37.1. The number of hydrogen-bond acceptors (Lipinski definition) is 8. The predicted molar refractivity (Wildman–Crippen MR) is 202 cm³/mol. The maximum absolute atomic E-state index is 12.9. The first-order valence-electron chi connectivity index (χ1n) is 17.0. The minimum absolute atomic E-state index is 0.0911. The van der Waals surface area contributed by atoms with E-state index >= 15 is 0 Å². The van der Waals surface area contributed by atoms with E-state index in [0.717, 1.165) is 22.3 Å². The molecular weight excluding hydrogens is 656 g/mol. The van der Waals surface area contributed by atoms with Crippen LogP contribution >= 0.6 is 0 Å². The van der Waals surface area contributed by atoms with Gasteiger partial charge in [-0.1, -0.05) is 111 Å². The minimum Gasteiger partial charge on any atom is -0.490 e. The number of hydrogen-bond donors (Lipinski definition) is 0. The molecule has 0 radical (unpaired) electrons. The van der Waals surface area contributed by atoms with Crippen molar-refractivity contribution in [1.29, 1.82) is 0 Å². The molecule has 0 aromatic heterocycles. The highest BCUT2D eigenvalue weighted by Gasteiger charge is 2.19. The third-order valence-electron chi connectivity index (χ3n) is 7.71. The lowest BCUT2D eigenvalue weighted by atomic mass is 10.0. The lowest BCUT2D eigenvalue weighted by Crippen LogP contribution is -2.30. The summed E-state index contributed by atoms with van der Waals surface area (Å²) < 4.78 is 34.3. The van der Waals surface area contributed by atoms with Gasteiger partial charge in [0.1, 0.15) is 49.4 Å². The zero-order valence-electron chi connectivity index (χ0n) is 29.7. The largest absolute Gasteiger partial charge is 0.490 e. The van der Waals surface area contributed by atoms with Crippen LogP contribution in [0.25, 0.3) is 0 Å². The van der Waals surface area contributed by atoms with Gasteiger partial charge >= 0.3 is 11.9 Å². The number of esters is 2. The summed E-state index contributed by atoms with van der Waals surface area (Å²) in [5, 5.41) is 0. The Labute approximate surface area is 306 Å². The van der Waals surface area contributed by atoms with Gasteiger partial charge in [-0.05, 0) is 71.5 Å². The fourth-order valence-electron chi connectivity index (χ4n) is 4.79. The summed E-state index contributed by atoms with van der Waals surface area (Å²) in [4.78, 5) is 25.7. The van der Waals surface area contributed by atoms with E-state index in [1.807, 2.05) is 109 Å². The maximum atomic E-state index is 12.9. The summed E-state index contributed by atoms with van der Waals surface area (Å²) in [5.74, 6) is 1.37. The fourth-order valence-corrected chi connectivity index (χ4v) is 4.79. The van der Waals surface area contributed by atoms with Gasteiger partial charge in [0.15, 0.2) is 12.2 Å². The monoisotopic (exact) mass is 702 g/mol. The Morgan fingerprint density at radius 2 is 0.981 bits per heavy atom. The molecule has 0 bridgehead atoms. The summed E-state index contributed by atoms with van der Waals surface area (Å²) >= 11 is 0. The molecule has 0 N–H and O–H groups in total. The standard InChI is InChI=1S/C44H46O8/c1-6-33(4)47-28-41(30-49-39-13-9-7-10-14-39)51-43(45)26-37-21-17-35(18-22-37)25-36-19-23-38(24-20-36)27-44(46)52-42(29-48-34(5)32(2)3)31-50-40-15-11-8-12-16-40/h6-24,41-42H,1-2,4-5,25-31H2,3H3. The molecular formula is C44H46O8. The highest BCUT2D eigenvalue weighted by Crippen LogP contribution is 2.16. The number of benzene rings is 4. The normalized spacial score (nSPS) is 11.6. The van der Waals surface area contributed by atoms with Gasteiger partial charge < -0.3 is 28.4 Å². The van der Waals surface area contributed by atoms with Gasteiger partial charge in [0.2, 0.25) is 0 Å². The average Bonchev–Trinajstić information content (AvgIpc) is 3.15. The van der Waals surface area contributed by atoms with Gasteiger partial charge in [-0.2, -0.15) is 0 Å². The van der Waals surface area contributed by atoms with E-state index in [-0.39, 0.29) is 39.3 Å². The van der Waals surface area contributed by atoms with Gasteiger partial charge in [-0.3, -0.25) is 9.59 Å². The first kappa shape index (κ1) is 38.8. The van der Waals surface area contributed by atoms with Crippen molar-refractivity contribution in [3.63, 3.8) is 0 Å².